The highest BCUT2D eigenvalue weighted by atomic mass is 16.6. The van der Waals surface area contributed by atoms with Crippen LogP contribution in [0.25, 0.3) is 0 Å². The van der Waals surface area contributed by atoms with Crippen molar-refractivity contribution in [1.29, 1.82) is 0 Å². The van der Waals surface area contributed by atoms with Crippen LogP contribution in [0.3, 0.4) is 0 Å². The van der Waals surface area contributed by atoms with Crippen molar-refractivity contribution < 1.29 is 9.85 Å². The van der Waals surface area contributed by atoms with Gasteiger partial charge in [-0.15, -0.1) is 0 Å². The van der Waals surface area contributed by atoms with Gasteiger partial charge in [-0.2, -0.15) is 0 Å². The second kappa shape index (κ2) is 17.6. The van der Waals surface area contributed by atoms with E-state index in [9.17, 15) is 20.2 Å². The van der Waals surface area contributed by atoms with Gasteiger partial charge in [-0.1, -0.05) is 96.8 Å². The normalized spacial score (nSPS) is 12.2. The summed E-state index contributed by atoms with van der Waals surface area (Å²) in [5.74, 6) is 0. The monoisotopic (exact) mass is 358 g/mol. The van der Waals surface area contributed by atoms with Crippen LogP contribution < -0.4 is 0 Å². The zero-order valence-corrected chi connectivity index (χ0v) is 16.1. The smallest absolute Gasteiger partial charge is 0.264 e. The average Bonchev–Trinajstić information content (AvgIpc) is 2.56. The Hall–Kier alpha value is -1.20. The van der Waals surface area contributed by atoms with Gasteiger partial charge in [-0.3, -0.25) is 20.2 Å². The Morgan fingerprint density at radius 3 is 1.32 bits per heavy atom. The van der Waals surface area contributed by atoms with Crippen molar-refractivity contribution in [1.82, 2.24) is 0 Å². The molecule has 0 aliphatic rings. The topological polar surface area (TPSA) is 86.3 Å². The van der Waals surface area contributed by atoms with Crippen molar-refractivity contribution in [3.8, 4) is 0 Å². The fourth-order valence-corrected chi connectivity index (χ4v) is 3.19. The molecule has 0 aromatic heterocycles. The summed E-state index contributed by atoms with van der Waals surface area (Å²) in [4.78, 5) is 20.0. The molecule has 6 nitrogen and oxygen atoms in total. The lowest BCUT2D eigenvalue weighted by Gasteiger charge is -2.05. The molecule has 0 aliphatic heterocycles. The van der Waals surface area contributed by atoms with Gasteiger partial charge in [0.25, 0.3) is 12.6 Å². The first-order valence-electron chi connectivity index (χ1n) is 10.3. The van der Waals surface area contributed by atoms with Crippen molar-refractivity contribution in [2.24, 2.45) is 0 Å². The van der Waals surface area contributed by atoms with Crippen molar-refractivity contribution in [3.63, 3.8) is 0 Å². The Morgan fingerprint density at radius 2 is 1.00 bits per heavy atom. The minimum atomic E-state index is -1.02. The van der Waals surface area contributed by atoms with Crippen LogP contribution in [0.15, 0.2) is 0 Å². The Bertz CT molecular complexity index is 337. The van der Waals surface area contributed by atoms with E-state index in [1.165, 1.54) is 77.0 Å². The fraction of sp³-hybridized carbons (Fsp3) is 1.00. The standard InChI is InChI=1S/C19H38N2O4/c1-2-3-4-5-6-7-8-9-10-11-12-13-14-15-16-17-19(21(24)25)18-20(22)23/h19H,2-18H2,1H3. The summed E-state index contributed by atoms with van der Waals surface area (Å²) in [6.45, 7) is 1.70. The number of nitrogens with zero attached hydrogens (tertiary/aromatic N) is 2. The summed E-state index contributed by atoms with van der Waals surface area (Å²) < 4.78 is 0. The predicted molar refractivity (Wildman–Crippen MR) is 102 cm³/mol. The quantitative estimate of drug-likeness (QED) is 0.157. The van der Waals surface area contributed by atoms with Gasteiger partial charge in [0.15, 0.2) is 0 Å². The lowest BCUT2D eigenvalue weighted by molar-refractivity contribution is -0.588. The molecule has 1 unspecified atom stereocenters. The molecular formula is C19H38N2O4. The van der Waals surface area contributed by atoms with Gasteiger partial charge in [0.1, 0.15) is 0 Å². The van der Waals surface area contributed by atoms with Gasteiger partial charge in [-0.25, -0.2) is 0 Å². The molecule has 148 valence electrons. The van der Waals surface area contributed by atoms with Gasteiger partial charge >= 0.3 is 0 Å². The van der Waals surface area contributed by atoms with Crippen LogP contribution in [0.1, 0.15) is 110 Å². The number of hydrogen-bond acceptors (Lipinski definition) is 4. The number of hydrogen-bond donors (Lipinski definition) is 0. The predicted octanol–water partition coefficient (Wildman–Crippen LogP) is 6.17. The number of rotatable bonds is 19. The molecule has 1 atom stereocenters. The molecule has 0 N–H and O–H groups in total. The molecule has 25 heavy (non-hydrogen) atoms. The number of unbranched alkanes of at least 4 members (excludes halogenated alkanes) is 14. The molecule has 0 rings (SSSR count). The Morgan fingerprint density at radius 1 is 0.640 bits per heavy atom. The lowest BCUT2D eigenvalue weighted by atomic mass is 10.0. The van der Waals surface area contributed by atoms with Crippen LogP contribution in [0.2, 0.25) is 0 Å². The molecule has 0 spiro atoms. The van der Waals surface area contributed by atoms with Crippen molar-refractivity contribution in [3.05, 3.63) is 20.2 Å². The van der Waals surface area contributed by atoms with Crippen molar-refractivity contribution in [2.75, 3.05) is 6.54 Å². The third-order valence-corrected chi connectivity index (χ3v) is 4.80. The second-order valence-corrected chi connectivity index (χ2v) is 7.19. The van der Waals surface area contributed by atoms with Gasteiger partial charge in [0, 0.05) is 16.3 Å². The largest absolute Gasteiger partial charge is 0.276 e. The zero-order valence-electron chi connectivity index (χ0n) is 16.1. The van der Waals surface area contributed by atoms with Crippen LogP contribution >= 0.6 is 0 Å². The highest BCUT2D eigenvalue weighted by Crippen LogP contribution is 2.14. The second-order valence-electron chi connectivity index (χ2n) is 7.19. The van der Waals surface area contributed by atoms with Crippen molar-refractivity contribution >= 4 is 0 Å². The van der Waals surface area contributed by atoms with E-state index in [1.54, 1.807) is 0 Å². The zero-order chi connectivity index (χ0) is 18.8. The maximum atomic E-state index is 10.7. The highest BCUT2D eigenvalue weighted by Gasteiger charge is 2.25. The van der Waals surface area contributed by atoms with Crippen LogP contribution in [0.4, 0.5) is 0 Å². The molecule has 0 radical (unpaired) electrons. The Kier molecular flexibility index (Phi) is 16.8. The molecule has 0 aromatic carbocycles. The van der Waals surface area contributed by atoms with E-state index in [0.29, 0.717) is 6.42 Å². The highest BCUT2D eigenvalue weighted by molar-refractivity contribution is 4.56. The van der Waals surface area contributed by atoms with Crippen molar-refractivity contribution in [2.45, 2.75) is 116 Å². The first-order chi connectivity index (χ1) is 12.1. The van der Waals surface area contributed by atoms with Crippen LogP contribution in [-0.2, 0) is 0 Å². The van der Waals surface area contributed by atoms with Crippen LogP contribution in [0.5, 0.6) is 0 Å². The molecule has 6 heteroatoms. The summed E-state index contributed by atoms with van der Waals surface area (Å²) in [5.41, 5.74) is 0. The molecule has 0 aromatic rings. The molecular weight excluding hydrogens is 320 g/mol. The lowest BCUT2D eigenvalue weighted by Crippen LogP contribution is -2.28. The van der Waals surface area contributed by atoms with E-state index in [4.69, 9.17) is 0 Å². The molecule has 0 heterocycles. The third-order valence-electron chi connectivity index (χ3n) is 4.80. The SMILES string of the molecule is CCCCCCCCCCCCCCCCCC(C[N+](=O)[O-])[N+](=O)[O-]. The summed E-state index contributed by atoms with van der Waals surface area (Å²) in [6.07, 6.45) is 19.1. The molecule has 0 saturated heterocycles. The maximum Gasteiger partial charge on any atom is 0.276 e. The van der Waals surface area contributed by atoms with Crippen LogP contribution in [-0.4, -0.2) is 22.4 Å². The minimum absolute atomic E-state index is 0.326. The average molecular weight is 359 g/mol. The number of nitro groups is 2. The van der Waals surface area contributed by atoms with E-state index in [1.807, 2.05) is 0 Å². The van der Waals surface area contributed by atoms with Gasteiger partial charge in [0.2, 0.25) is 0 Å². The molecule has 0 fully saturated rings. The summed E-state index contributed by atoms with van der Waals surface area (Å²) in [7, 11) is 0. The minimum Gasteiger partial charge on any atom is -0.264 e. The van der Waals surface area contributed by atoms with Crippen LogP contribution in [0, 0.1) is 20.2 Å². The maximum absolute atomic E-state index is 10.7. The Balaban J connectivity index is 3.28. The molecule has 0 amide bonds. The molecule has 0 saturated carbocycles. The summed E-state index contributed by atoms with van der Waals surface area (Å²) in [6, 6.07) is -1.02. The molecule has 0 aliphatic carbocycles. The van der Waals surface area contributed by atoms with E-state index < -0.39 is 22.4 Å². The first kappa shape index (κ1) is 23.8. The van der Waals surface area contributed by atoms with Gasteiger partial charge < -0.3 is 0 Å². The van der Waals surface area contributed by atoms with E-state index in [2.05, 4.69) is 6.92 Å². The third kappa shape index (κ3) is 17.4. The fourth-order valence-electron chi connectivity index (χ4n) is 3.19. The van der Waals surface area contributed by atoms with E-state index >= 15 is 0 Å². The van der Waals surface area contributed by atoms with Gasteiger partial charge in [-0.05, 0) is 6.42 Å². The summed E-state index contributed by atoms with van der Waals surface area (Å²) >= 11 is 0. The molecule has 0 bridgehead atoms. The first-order valence-corrected chi connectivity index (χ1v) is 10.3. The Labute approximate surface area is 153 Å². The van der Waals surface area contributed by atoms with E-state index in [0.717, 1.165) is 19.3 Å². The van der Waals surface area contributed by atoms with E-state index in [-0.39, 0.29) is 0 Å². The van der Waals surface area contributed by atoms with Gasteiger partial charge in [0.05, 0.1) is 0 Å². The summed E-state index contributed by atoms with van der Waals surface area (Å²) in [5, 5.41) is 21.1.